The average molecular weight is 378 g/mol. The molecule has 2 amide bonds. The molecule has 1 heterocycles. The third-order valence-corrected chi connectivity index (χ3v) is 5.37. The molecule has 0 bridgehead atoms. The Morgan fingerprint density at radius 2 is 1.83 bits per heavy atom. The standard InChI is InChI=1S/C14H17Cl2N3O3S/c1-23(22)19-6-4-18(5-7-19)13(20)9-17-14(21)10-2-3-11(15)12(16)8-10/h2-3,8H,4-7,9H2,1H3,(H,17,21). The van der Waals surface area contributed by atoms with E-state index >= 15 is 0 Å². The largest absolute Gasteiger partial charge is 0.343 e. The summed E-state index contributed by atoms with van der Waals surface area (Å²) in [7, 11) is -1.02. The molecule has 0 aromatic heterocycles. The topological polar surface area (TPSA) is 69.7 Å². The summed E-state index contributed by atoms with van der Waals surface area (Å²) >= 11 is 11.7. The first-order valence-corrected chi connectivity index (χ1v) is 9.25. The minimum absolute atomic E-state index is 0.0890. The van der Waals surface area contributed by atoms with Gasteiger partial charge < -0.3 is 10.2 Å². The first kappa shape index (κ1) is 18.2. The number of carbonyl (C=O) groups is 2. The van der Waals surface area contributed by atoms with Crippen molar-refractivity contribution in [3.8, 4) is 0 Å². The van der Waals surface area contributed by atoms with Crippen LogP contribution in [0, 0.1) is 0 Å². The number of nitrogens with one attached hydrogen (secondary N) is 1. The molecule has 126 valence electrons. The predicted molar refractivity (Wildman–Crippen MR) is 91.0 cm³/mol. The molecular weight excluding hydrogens is 361 g/mol. The van der Waals surface area contributed by atoms with Gasteiger partial charge in [-0.1, -0.05) is 23.2 Å². The van der Waals surface area contributed by atoms with Crippen LogP contribution in [-0.2, 0) is 15.8 Å². The second-order valence-corrected chi connectivity index (χ2v) is 7.22. The highest BCUT2D eigenvalue weighted by Gasteiger charge is 2.22. The Bertz CT molecular complexity index is 634. The van der Waals surface area contributed by atoms with Crippen LogP contribution in [0.2, 0.25) is 10.0 Å². The first-order valence-electron chi connectivity index (χ1n) is 6.98. The molecule has 6 nitrogen and oxygen atoms in total. The van der Waals surface area contributed by atoms with E-state index in [4.69, 9.17) is 23.2 Å². The van der Waals surface area contributed by atoms with Gasteiger partial charge in [-0.15, -0.1) is 0 Å². The number of hydrogen-bond acceptors (Lipinski definition) is 3. The van der Waals surface area contributed by atoms with E-state index in [1.165, 1.54) is 12.1 Å². The quantitative estimate of drug-likeness (QED) is 0.855. The fourth-order valence-electron chi connectivity index (χ4n) is 2.20. The lowest BCUT2D eigenvalue weighted by molar-refractivity contribution is -0.131. The molecule has 0 spiro atoms. The van der Waals surface area contributed by atoms with Gasteiger partial charge >= 0.3 is 0 Å². The second-order valence-electron chi connectivity index (χ2n) is 5.05. The van der Waals surface area contributed by atoms with Crippen LogP contribution < -0.4 is 5.32 Å². The first-order chi connectivity index (χ1) is 10.9. The lowest BCUT2D eigenvalue weighted by Crippen LogP contribution is -2.51. The van der Waals surface area contributed by atoms with Gasteiger partial charge in [-0.3, -0.25) is 9.59 Å². The third kappa shape index (κ3) is 4.91. The smallest absolute Gasteiger partial charge is 0.251 e. The van der Waals surface area contributed by atoms with Crippen LogP contribution in [0.4, 0.5) is 0 Å². The molecule has 1 atom stereocenters. The minimum atomic E-state index is -1.02. The number of carbonyl (C=O) groups excluding carboxylic acids is 2. The Morgan fingerprint density at radius 3 is 2.39 bits per heavy atom. The maximum Gasteiger partial charge on any atom is 0.251 e. The lowest BCUT2D eigenvalue weighted by Gasteiger charge is -2.33. The van der Waals surface area contributed by atoms with Crippen molar-refractivity contribution in [2.24, 2.45) is 0 Å². The van der Waals surface area contributed by atoms with Crippen molar-refractivity contribution in [2.45, 2.75) is 0 Å². The monoisotopic (exact) mass is 377 g/mol. The average Bonchev–Trinajstić information content (AvgIpc) is 2.54. The van der Waals surface area contributed by atoms with E-state index in [-0.39, 0.29) is 23.4 Å². The fraction of sp³-hybridized carbons (Fsp3) is 0.429. The van der Waals surface area contributed by atoms with Crippen molar-refractivity contribution in [3.63, 3.8) is 0 Å². The molecule has 1 aliphatic rings. The number of rotatable bonds is 4. The summed E-state index contributed by atoms with van der Waals surface area (Å²) in [6.45, 7) is 2.04. The molecule has 9 heteroatoms. The fourth-order valence-corrected chi connectivity index (χ4v) is 3.18. The van der Waals surface area contributed by atoms with Gasteiger partial charge in [0.15, 0.2) is 0 Å². The van der Waals surface area contributed by atoms with Crippen molar-refractivity contribution in [1.82, 2.24) is 14.5 Å². The molecule has 0 radical (unpaired) electrons. The Balaban J connectivity index is 1.83. The van der Waals surface area contributed by atoms with E-state index in [0.717, 1.165) is 0 Å². The van der Waals surface area contributed by atoms with Gasteiger partial charge in [0.1, 0.15) is 0 Å². The van der Waals surface area contributed by atoms with Crippen LogP contribution >= 0.6 is 23.2 Å². The number of benzene rings is 1. The van der Waals surface area contributed by atoms with Gasteiger partial charge in [0, 0.05) is 38.0 Å². The van der Waals surface area contributed by atoms with Crippen LogP contribution in [0.25, 0.3) is 0 Å². The Hall–Kier alpha value is -1.15. The zero-order valence-electron chi connectivity index (χ0n) is 12.6. The zero-order valence-corrected chi connectivity index (χ0v) is 14.9. The highest BCUT2D eigenvalue weighted by molar-refractivity contribution is 7.81. The van der Waals surface area contributed by atoms with Gasteiger partial charge in [0.05, 0.1) is 27.6 Å². The van der Waals surface area contributed by atoms with Crippen molar-refractivity contribution < 1.29 is 13.8 Å². The number of hydrogen-bond donors (Lipinski definition) is 1. The van der Waals surface area contributed by atoms with Gasteiger partial charge in [-0.05, 0) is 18.2 Å². The summed E-state index contributed by atoms with van der Waals surface area (Å²) in [6.07, 6.45) is 1.62. The summed E-state index contributed by atoms with van der Waals surface area (Å²) in [4.78, 5) is 25.8. The van der Waals surface area contributed by atoms with Crippen LogP contribution in [0.5, 0.6) is 0 Å². The van der Waals surface area contributed by atoms with E-state index < -0.39 is 11.0 Å². The second kappa shape index (κ2) is 8.10. The van der Waals surface area contributed by atoms with E-state index in [1.54, 1.807) is 21.5 Å². The van der Waals surface area contributed by atoms with Crippen molar-refractivity contribution in [2.75, 3.05) is 39.0 Å². The molecule has 1 unspecified atom stereocenters. The Morgan fingerprint density at radius 1 is 1.17 bits per heavy atom. The molecule has 1 fully saturated rings. The Labute approximate surface area is 147 Å². The molecule has 23 heavy (non-hydrogen) atoms. The van der Waals surface area contributed by atoms with Crippen LogP contribution in [0.1, 0.15) is 10.4 Å². The van der Waals surface area contributed by atoms with E-state index in [0.29, 0.717) is 36.8 Å². The van der Waals surface area contributed by atoms with Crippen LogP contribution in [0.15, 0.2) is 18.2 Å². The summed E-state index contributed by atoms with van der Waals surface area (Å²) in [6, 6.07) is 4.53. The molecule has 1 aliphatic heterocycles. The molecule has 0 aliphatic carbocycles. The maximum absolute atomic E-state index is 12.1. The molecule has 1 aromatic rings. The van der Waals surface area contributed by atoms with E-state index in [9.17, 15) is 13.8 Å². The highest BCUT2D eigenvalue weighted by Crippen LogP contribution is 2.22. The molecule has 1 saturated heterocycles. The summed E-state index contributed by atoms with van der Waals surface area (Å²) in [5, 5.41) is 3.22. The number of piperazine rings is 1. The zero-order chi connectivity index (χ0) is 17.0. The summed E-state index contributed by atoms with van der Waals surface area (Å²) in [5.41, 5.74) is 0.346. The maximum atomic E-state index is 12.1. The van der Waals surface area contributed by atoms with Crippen LogP contribution in [0.3, 0.4) is 0 Å². The van der Waals surface area contributed by atoms with Crippen molar-refractivity contribution in [3.05, 3.63) is 33.8 Å². The molecule has 0 saturated carbocycles. The molecular formula is C14H17Cl2N3O3S. The summed E-state index contributed by atoms with van der Waals surface area (Å²) in [5.74, 6) is -0.551. The number of nitrogens with zero attached hydrogens (tertiary/aromatic N) is 2. The normalized spacial score (nSPS) is 16.9. The van der Waals surface area contributed by atoms with Crippen molar-refractivity contribution >= 4 is 46.0 Å². The van der Waals surface area contributed by atoms with Gasteiger partial charge in [0.2, 0.25) is 5.91 Å². The van der Waals surface area contributed by atoms with Crippen molar-refractivity contribution in [1.29, 1.82) is 0 Å². The lowest BCUT2D eigenvalue weighted by atomic mass is 10.2. The van der Waals surface area contributed by atoms with E-state index in [1.807, 2.05) is 0 Å². The van der Waals surface area contributed by atoms with Gasteiger partial charge in [-0.25, -0.2) is 8.51 Å². The molecule has 1 N–H and O–H groups in total. The number of amides is 2. The third-order valence-electron chi connectivity index (χ3n) is 3.54. The predicted octanol–water partition coefficient (Wildman–Crippen LogP) is 1.16. The molecule has 1 aromatic carbocycles. The number of halogens is 2. The SMILES string of the molecule is CS(=O)N1CCN(C(=O)CNC(=O)c2ccc(Cl)c(Cl)c2)CC1. The van der Waals surface area contributed by atoms with E-state index in [2.05, 4.69) is 5.32 Å². The Kier molecular flexibility index (Phi) is 6.41. The van der Waals surface area contributed by atoms with Gasteiger partial charge in [-0.2, -0.15) is 0 Å². The molecule has 2 rings (SSSR count). The van der Waals surface area contributed by atoms with Gasteiger partial charge in [0.25, 0.3) is 5.91 Å². The summed E-state index contributed by atoms with van der Waals surface area (Å²) < 4.78 is 13.2. The minimum Gasteiger partial charge on any atom is -0.343 e. The highest BCUT2D eigenvalue weighted by atomic mass is 35.5. The van der Waals surface area contributed by atoms with Crippen LogP contribution in [-0.4, -0.2) is 64.2 Å².